The minimum absolute atomic E-state index is 0.299. The van der Waals surface area contributed by atoms with Gasteiger partial charge < -0.3 is 10.4 Å². The van der Waals surface area contributed by atoms with E-state index in [0.29, 0.717) is 22.8 Å². The lowest BCUT2D eigenvalue weighted by Gasteiger charge is -2.27. The SMILES string of the molecule is CC[C@H]1CC[C@H](n2cc3cc(NC(=O)c4cccc(C(F)(F)F)n4)c(C(C)(C)O)cc3n2)CC1. The Hall–Kier alpha value is -2.94. The predicted octanol–water partition coefficient (Wildman–Crippen LogP) is 6.07. The van der Waals surface area contributed by atoms with Crippen molar-refractivity contribution in [3.05, 3.63) is 53.5 Å². The van der Waals surface area contributed by atoms with Gasteiger partial charge in [-0.25, -0.2) is 4.98 Å². The van der Waals surface area contributed by atoms with Gasteiger partial charge in [0.1, 0.15) is 11.4 Å². The van der Waals surface area contributed by atoms with Crippen molar-refractivity contribution < 1.29 is 23.1 Å². The van der Waals surface area contributed by atoms with Crippen LogP contribution in [0.1, 0.15) is 80.7 Å². The summed E-state index contributed by atoms with van der Waals surface area (Å²) >= 11 is 0. The minimum atomic E-state index is -4.65. The van der Waals surface area contributed by atoms with Crippen LogP contribution < -0.4 is 5.32 Å². The molecule has 34 heavy (non-hydrogen) atoms. The van der Waals surface area contributed by atoms with Gasteiger partial charge in [-0.15, -0.1) is 0 Å². The Labute approximate surface area is 196 Å². The monoisotopic (exact) mass is 474 g/mol. The Bertz CT molecular complexity index is 1190. The molecule has 182 valence electrons. The summed E-state index contributed by atoms with van der Waals surface area (Å²) in [5.74, 6) is -0.0319. The van der Waals surface area contributed by atoms with Crippen LogP contribution in [0, 0.1) is 5.92 Å². The quantitative estimate of drug-likeness (QED) is 0.470. The number of carbonyl (C=O) groups excluding carboxylic acids is 1. The molecule has 0 bridgehead atoms. The molecule has 0 spiro atoms. The molecule has 0 unspecified atom stereocenters. The molecule has 0 aliphatic heterocycles. The molecular weight excluding hydrogens is 445 g/mol. The summed E-state index contributed by atoms with van der Waals surface area (Å²) in [5.41, 5.74) is -1.41. The summed E-state index contributed by atoms with van der Waals surface area (Å²) in [4.78, 5) is 16.2. The number of alkyl halides is 3. The average Bonchev–Trinajstić information content (AvgIpc) is 3.20. The van der Waals surface area contributed by atoms with Crippen LogP contribution in [0.15, 0.2) is 36.5 Å². The van der Waals surface area contributed by atoms with E-state index in [1.807, 2.05) is 10.9 Å². The van der Waals surface area contributed by atoms with E-state index >= 15 is 0 Å². The molecule has 2 N–H and O–H groups in total. The van der Waals surface area contributed by atoms with Crippen LogP contribution in [0.5, 0.6) is 0 Å². The van der Waals surface area contributed by atoms with E-state index in [1.165, 1.54) is 12.5 Å². The van der Waals surface area contributed by atoms with Crippen LogP contribution in [0.2, 0.25) is 0 Å². The highest BCUT2D eigenvalue weighted by Gasteiger charge is 2.33. The van der Waals surface area contributed by atoms with Gasteiger partial charge in [0, 0.05) is 22.8 Å². The second-order valence-electron chi connectivity index (χ2n) is 9.57. The summed E-state index contributed by atoms with van der Waals surface area (Å²) in [6, 6.07) is 6.90. The third kappa shape index (κ3) is 5.09. The number of pyridine rings is 1. The maximum atomic E-state index is 13.0. The highest BCUT2D eigenvalue weighted by molar-refractivity contribution is 6.04. The maximum Gasteiger partial charge on any atom is 0.433 e. The number of nitrogens with one attached hydrogen (secondary N) is 1. The first-order chi connectivity index (χ1) is 16.0. The fourth-order valence-electron chi connectivity index (χ4n) is 4.61. The molecule has 3 aromatic rings. The first-order valence-corrected chi connectivity index (χ1v) is 11.6. The van der Waals surface area contributed by atoms with Crippen LogP contribution in [-0.4, -0.2) is 25.8 Å². The van der Waals surface area contributed by atoms with Gasteiger partial charge in [-0.05, 0) is 69.7 Å². The van der Waals surface area contributed by atoms with Crippen molar-refractivity contribution in [2.24, 2.45) is 5.92 Å². The van der Waals surface area contributed by atoms with E-state index in [-0.39, 0.29) is 5.69 Å². The molecule has 1 aliphatic carbocycles. The second kappa shape index (κ2) is 9.02. The molecule has 0 atom stereocenters. The molecule has 2 heterocycles. The van der Waals surface area contributed by atoms with Gasteiger partial charge in [-0.3, -0.25) is 9.48 Å². The molecule has 0 radical (unpaired) electrons. The van der Waals surface area contributed by atoms with Crippen molar-refractivity contribution in [1.82, 2.24) is 14.8 Å². The Morgan fingerprint density at radius 1 is 1.18 bits per heavy atom. The molecule has 6 nitrogen and oxygen atoms in total. The van der Waals surface area contributed by atoms with Crippen molar-refractivity contribution in [1.29, 1.82) is 0 Å². The summed E-state index contributed by atoms with van der Waals surface area (Å²) < 4.78 is 41.0. The molecule has 1 saturated carbocycles. The summed E-state index contributed by atoms with van der Waals surface area (Å²) in [5, 5.41) is 18.9. The number of amides is 1. The summed E-state index contributed by atoms with van der Waals surface area (Å²) in [6.45, 7) is 5.38. The van der Waals surface area contributed by atoms with E-state index in [0.717, 1.165) is 49.1 Å². The van der Waals surface area contributed by atoms with Crippen molar-refractivity contribution >= 4 is 22.5 Å². The Balaban J connectivity index is 1.66. The molecule has 0 saturated heterocycles. The van der Waals surface area contributed by atoms with Crippen molar-refractivity contribution in [2.75, 3.05) is 5.32 Å². The molecule has 9 heteroatoms. The van der Waals surface area contributed by atoms with Crippen LogP contribution >= 0.6 is 0 Å². The van der Waals surface area contributed by atoms with Gasteiger partial charge in [-0.2, -0.15) is 18.3 Å². The maximum absolute atomic E-state index is 13.0. The highest BCUT2D eigenvalue weighted by Crippen LogP contribution is 2.36. The number of carbonyl (C=O) groups is 1. The number of anilines is 1. The fourth-order valence-corrected chi connectivity index (χ4v) is 4.61. The lowest BCUT2D eigenvalue weighted by molar-refractivity contribution is -0.141. The van der Waals surface area contributed by atoms with Crippen molar-refractivity contribution in [3.63, 3.8) is 0 Å². The highest BCUT2D eigenvalue weighted by atomic mass is 19.4. The first kappa shape index (κ1) is 24.2. The number of aromatic nitrogens is 3. The second-order valence-corrected chi connectivity index (χ2v) is 9.57. The molecule has 1 fully saturated rings. The van der Waals surface area contributed by atoms with Gasteiger partial charge in [0.05, 0.1) is 17.2 Å². The average molecular weight is 475 g/mol. The number of fused-ring (bicyclic) bond motifs is 1. The number of benzene rings is 1. The third-order valence-electron chi connectivity index (χ3n) is 6.61. The van der Waals surface area contributed by atoms with E-state index in [2.05, 4.69) is 17.2 Å². The Kier molecular flexibility index (Phi) is 6.42. The molecule has 1 aliphatic rings. The van der Waals surface area contributed by atoms with E-state index in [1.54, 1.807) is 26.0 Å². The number of rotatable bonds is 5. The van der Waals surface area contributed by atoms with Gasteiger partial charge in [0.15, 0.2) is 0 Å². The largest absolute Gasteiger partial charge is 0.433 e. The third-order valence-corrected chi connectivity index (χ3v) is 6.61. The number of aliphatic hydroxyl groups is 1. The Morgan fingerprint density at radius 2 is 1.88 bits per heavy atom. The van der Waals surface area contributed by atoms with Gasteiger partial charge in [0.25, 0.3) is 5.91 Å². The van der Waals surface area contributed by atoms with Crippen LogP contribution in [0.4, 0.5) is 18.9 Å². The lowest BCUT2D eigenvalue weighted by Crippen LogP contribution is -2.22. The zero-order valence-corrected chi connectivity index (χ0v) is 19.5. The van der Waals surface area contributed by atoms with E-state index in [4.69, 9.17) is 5.10 Å². The van der Waals surface area contributed by atoms with Crippen LogP contribution in [-0.2, 0) is 11.8 Å². The minimum Gasteiger partial charge on any atom is -0.386 e. The normalized spacial score (nSPS) is 19.4. The lowest BCUT2D eigenvalue weighted by atomic mass is 9.85. The van der Waals surface area contributed by atoms with Crippen molar-refractivity contribution in [3.8, 4) is 0 Å². The number of hydrogen-bond acceptors (Lipinski definition) is 4. The molecular formula is C25H29F3N4O2. The molecule has 1 amide bonds. The molecule has 1 aromatic carbocycles. The zero-order chi connectivity index (χ0) is 24.7. The first-order valence-electron chi connectivity index (χ1n) is 11.6. The number of halogens is 3. The number of nitrogens with zero attached hydrogens (tertiary/aromatic N) is 3. The van der Waals surface area contributed by atoms with E-state index < -0.39 is 23.4 Å². The topological polar surface area (TPSA) is 80.0 Å². The predicted molar refractivity (Wildman–Crippen MR) is 123 cm³/mol. The standard InChI is InChI=1S/C25H29F3N4O2/c1-4-15-8-10-17(11-9-15)32-14-16-12-21(18(24(2,3)34)13-20(16)31-32)30-23(33)19-6-5-7-22(29-19)25(26,27)28/h5-7,12-15,17,34H,4,8-11H2,1-3H3,(H,30,33)/t15-,17-. The fraction of sp³-hybridized carbons (Fsp3) is 0.480. The smallest absolute Gasteiger partial charge is 0.386 e. The number of hydrogen-bond donors (Lipinski definition) is 2. The van der Waals surface area contributed by atoms with Crippen LogP contribution in [0.25, 0.3) is 10.9 Å². The molecule has 4 rings (SSSR count). The van der Waals surface area contributed by atoms with Gasteiger partial charge in [-0.1, -0.05) is 19.4 Å². The molecule has 2 aromatic heterocycles. The van der Waals surface area contributed by atoms with Crippen LogP contribution in [0.3, 0.4) is 0 Å². The van der Waals surface area contributed by atoms with Gasteiger partial charge >= 0.3 is 6.18 Å². The Morgan fingerprint density at radius 3 is 2.50 bits per heavy atom. The van der Waals surface area contributed by atoms with Crippen molar-refractivity contribution in [2.45, 2.75) is 70.7 Å². The summed E-state index contributed by atoms with van der Waals surface area (Å²) in [6.07, 6.45) is 2.89. The summed E-state index contributed by atoms with van der Waals surface area (Å²) in [7, 11) is 0. The van der Waals surface area contributed by atoms with Gasteiger partial charge in [0.2, 0.25) is 0 Å². The zero-order valence-electron chi connectivity index (χ0n) is 19.5. The van der Waals surface area contributed by atoms with E-state index in [9.17, 15) is 23.1 Å².